The number of hydrogen-bond acceptors (Lipinski definition) is 3. The van der Waals surface area contributed by atoms with Crippen molar-refractivity contribution in [2.24, 2.45) is 0 Å². The molecule has 2 aromatic carbocycles. The monoisotopic (exact) mass is 395 g/mol. The Kier molecular flexibility index (Phi) is 6.09. The van der Waals surface area contributed by atoms with E-state index in [1.165, 1.54) is 5.56 Å². The molecule has 0 bridgehead atoms. The first-order valence-electron chi connectivity index (χ1n) is 9.56. The van der Waals surface area contributed by atoms with Gasteiger partial charge in [-0.05, 0) is 73.9 Å². The van der Waals surface area contributed by atoms with Crippen LogP contribution < -0.4 is 10.9 Å². The summed E-state index contributed by atoms with van der Waals surface area (Å²) in [6.45, 7) is 6.76. The van der Waals surface area contributed by atoms with Gasteiger partial charge in [0.15, 0.2) is 4.77 Å². The summed E-state index contributed by atoms with van der Waals surface area (Å²) in [7, 11) is 0. The van der Waals surface area contributed by atoms with Gasteiger partial charge in [0.1, 0.15) is 0 Å². The number of aryl methyl sites for hydroxylation is 2. The number of aromatic nitrogens is 2. The van der Waals surface area contributed by atoms with Gasteiger partial charge in [0, 0.05) is 17.8 Å². The first-order valence-corrected chi connectivity index (χ1v) is 9.97. The van der Waals surface area contributed by atoms with Gasteiger partial charge < -0.3 is 10.3 Å². The molecule has 146 valence electrons. The highest BCUT2D eigenvalue weighted by Crippen LogP contribution is 2.17. The van der Waals surface area contributed by atoms with Crippen LogP contribution in [0, 0.1) is 18.6 Å². The predicted octanol–water partition coefficient (Wildman–Crippen LogP) is 5.12. The summed E-state index contributed by atoms with van der Waals surface area (Å²) < 4.78 is 1.99. The van der Waals surface area contributed by atoms with Crippen LogP contribution in [0.2, 0.25) is 0 Å². The van der Waals surface area contributed by atoms with E-state index >= 15 is 0 Å². The van der Waals surface area contributed by atoms with E-state index in [0.717, 1.165) is 30.5 Å². The smallest absolute Gasteiger partial charge is 0.262 e. The van der Waals surface area contributed by atoms with Crippen LogP contribution in [-0.4, -0.2) is 15.5 Å². The van der Waals surface area contributed by atoms with Crippen LogP contribution in [0.3, 0.4) is 0 Å². The van der Waals surface area contributed by atoms with Gasteiger partial charge in [-0.2, -0.15) is 0 Å². The lowest BCUT2D eigenvalue weighted by atomic mass is 10.1. The molecule has 0 aliphatic rings. The lowest BCUT2D eigenvalue weighted by Crippen LogP contribution is -2.22. The Labute approximate surface area is 169 Å². The van der Waals surface area contributed by atoms with Crippen molar-refractivity contribution < 1.29 is 4.79 Å². The average Bonchev–Trinajstić information content (AvgIpc) is 2.67. The van der Waals surface area contributed by atoms with Crippen LogP contribution in [0.4, 0.5) is 5.69 Å². The maximum absolute atomic E-state index is 12.8. The highest BCUT2D eigenvalue weighted by atomic mass is 32.1. The number of anilines is 1. The number of amides is 1. The zero-order chi connectivity index (χ0) is 20.3. The molecule has 3 rings (SSSR count). The number of benzene rings is 2. The maximum Gasteiger partial charge on any atom is 0.262 e. The van der Waals surface area contributed by atoms with Crippen molar-refractivity contribution in [1.82, 2.24) is 9.55 Å². The quantitative estimate of drug-likeness (QED) is 0.450. The second kappa shape index (κ2) is 8.52. The topological polar surface area (TPSA) is 66.9 Å². The largest absolute Gasteiger partial charge is 0.332 e. The van der Waals surface area contributed by atoms with Gasteiger partial charge in [0.05, 0.1) is 10.9 Å². The molecule has 0 aliphatic heterocycles. The second-order valence-corrected chi connectivity index (χ2v) is 7.49. The third-order valence-electron chi connectivity index (χ3n) is 4.99. The standard InChI is InChI=1S/C22H25N3O2S/c1-4-5-6-11-25-21(27)18-10-8-16(13-19(18)24-22(25)28)20(26)23-17-9-7-14(2)15(3)12-17/h7-10,12-13H,4-6,11H2,1-3H3,(H,23,26)(H,24,28). The molecule has 0 unspecified atom stereocenters. The number of fused-ring (bicyclic) bond motifs is 1. The zero-order valence-corrected chi connectivity index (χ0v) is 17.3. The lowest BCUT2D eigenvalue weighted by molar-refractivity contribution is 0.102. The summed E-state index contributed by atoms with van der Waals surface area (Å²) in [5.41, 5.74) is 3.97. The van der Waals surface area contributed by atoms with Crippen molar-refractivity contribution in [3.8, 4) is 0 Å². The van der Waals surface area contributed by atoms with Gasteiger partial charge in [-0.25, -0.2) is 0 Å². The van der Waals surface area contributed by atoms with Gasteiger partial charge in [-0.3, -0.25) is 14.2 Å². The van der Waals surface area contributed by atoms with Crippen LogP contribution in [0.15, 0.2) is 41.2 Å². The van der Waals surface area contributed by atoms with Crippen LogP contribution in [0.25, 0.3) is 10.9 Å². The van der Waals surface area contributed by atoms with Crippen molar-refractivity contribution >= 4 is 34.7 Å². The highest BCUT2D eigenvalue weighted by molar-refractivity contribution is 7.71. The van der Waals surface area contributed by atoms with Crippen LogP contribution in [0.1, 0.15) is 47.7 Å². The minimum Gasteiger partial charge on any atom is -0.332 e. The molecule has 3 aromatic rings. The van der Waals surface area contributed by atoms with E-state index in [0.29, 0.717) is 27.8 Å². The highest BCUT2D eigenvalue weighted by Gasteiger charge is 2.11. The van der Waals surface area contributed by atoms with E-state index in [4.69, 9.17) is 12.2 Å². The Bertz CT molecular complexity index is 1140. The van der Waals surface area contributed by atoms with E-state index in [1.807, 2.05) is 32.0 Å². The summed E-state index contributed by atoms with van der Waals surface area (Å²) in [5, 5.41) is 3.44. The van der Waals surface area contributed by atoms with E-state index in [2.05, 4.69) is 17.2 Å². The molecule has 1 aromatic heterocycles. The lowest BCUT2D eigenvalue weighted by Gasteiger charge is -2.10. The van der Waals surface area contributed by atoms with Crippen molar-refractivity contribution in [3.63, 3.8) is 0 Å². The van der Waals surface area contributed by atoms with Gasteiger partial charge in [-0.15, -0.1) is 0 Å². The number of nitrogens with zero attached hydrogens (tertiary/aromatic N) is 1. The third-order valence-corrected chi connectivity index (χ3v) is 5.32. The molecular weight excluding hydrogens is 370 g/mol. The number of aromatic amines is 1. The SMILES string of the molecule is CCCCCn1c(=S)[nH]c2cc(C(=O)Nc3ccc(C)c(C)c3)ccc2c1=O. The number of unbranched alkanes of at least 4 members (excludes halogenated alkanes) is 2. The van der Waals surface area contributed by atoms with Crippen molar-refractivity contribution in [2.45, 2.75) is 46.6 Å². The summed E-state index contributed by atoms with van der Waals surface area (Å²) in [6.07, 6.45) is 3.05. The number of H-pyrrole nitrogens is 1. The molecule has 0 atom stereocenters. The number of rotatable bonds is 6. The maximum atomic E-state index is 12.8. The summed E-state index contributed by atoms with van der Waals surface area (Å²) >= 11 is 5.36. The molecule has 5 nitrogen and oxygen atoms in total. The van der Waals surface area contributed by atoms with Crippen LogP contribution >= 0.6 is 12.2 Å². The molecule has 0 radical (unpaired) electrons. The minimum absolute atomic E-state index is 0.115. The molecule has 1 amide bonds. The first kappa shape index (κ1) is 20.0. The third kappa shape index (κ3) is 4.22. The molecule has 28 heavy (non-hydrogen) atoms. The average molecular weight is 396 g/mol. The summed E-state index contributed by atoms with van der Waals surface area (Å²) in [5.74, 6) is -0.225. The molecule has 0 saturated carbocycles. The Morgan fingerprint density at radius 1 is 1.11 bits per heavy atom. The van der Waals surface area contributed by atoms with E-state index < -0.39 is 0 Å². The Morgan fingerprint density at radius 2 is 1.89 bits per heavy atom. The molecule has 0 fully saturated rings. The molecular formula is C22H25N3O2S. The Balaban J connectivity index is 1.90. The first-order chi connectivity index (χ1) is 13.4. The fraction of sp³-hybridized carbons (Fsp3) is 0.318. The minimum atomic E-state index is -0.225. The van der Waals surface area contributed by atoms with Gasteiger partial charge >= 0.3 is 0 Å². The van der Waals surface area contributed by atoms with Gasteiger partial charge in [0.2, 0.25) is 0 Å². The van der Waals surface area contributed by atoms with E-state index in [1.54, 1.807) is 22.8 Å². The fourth-order valence-corrected chi connectivity index (χ4v) is 3.43. The Hall–Kier alpha value is -2.73. The van der Waals surface area contributed by atoms with Gasteiger partial charge in [0.25, 0.3) is 11.5 Å². The number of carbonyl (C=O) groups is 1. The summed E-state index contributed by atoms with van der Waals surface area (Å²) in [6, 6.07) is 10.8. The molecule has 0 spiro atoms. The number of nitrogens with one attached hydrogen (secondary N) is 2. The van der Waals surface area contributed by atoms with Crippen LogP contribution in [0.5, 0.6) is 0 Å². The van der Waals surface area contributed by atoms with Crippen LogP contribution in [-0.2, 0) is 6.54 Å². The molecule has 6 heteroatoms. The van der Waals surface area contributed by atoms with E-state index in [9.17, 15) is 9.59 Å². The zero-order valence-electron chi connectivity index (χ0n) is 16.5. The van der Waals surface area contributed by atoms with Gasteiger partial charge in [-0.1, -0.05) is 25.8 Å². The fourth-order valence-electron chi connectivity index (χ4n) is 3.14. The molecule has 2 N–H and O–H groups in total. The summed E-state index contributed by atoms with van der Waals surface area (Å²) in [4.78, 5) is 28.5. The molecule has 0 saturated heterocycles. The van der Waals surface area contributed by atoms with Crippen molar-refractivity contribution in [1.29, 1.82) is 0 Å². The van der Waals surface area contributed by atoms with Crippen molar-refractivity contribution in [3.05, 3.63) is 68.2 Å². The number of hydrogen-bond donors (Lipinski definition) is 2. The normalized spacial score (nSPS) is 11.0. The predicted molar refractivity (Wildman–Crippen MR) is 117 cm³/mol. The molecule has 1 heterocycles. The number of carbonyl (C=O) groups excluding carboxylic acids is 1. The second-order valence-electron chi connectivity index (χ2n) is 7.11. The van der Waals surface area contributed by atoms with E-state index in [-0.39, 0.29) is 11.5 Å². The Morgan fingerprint density at radius 3 is 2.61 bits per heavy atom. The molecule has 0 aliphatic carbocycles. The van der Waals surface area contributed by atoms with Crippen molar-refractivity contribution in [2.75, 3.05) is 5.32 Å².